The molecule has 0 N–H and O–H groups in total. The van der Waals surface area contributed by atoms with E-state index in [4.69, 9.17) is 8.85 Å². The molecule has 2 aliphatic rings. The highest BCUT2D eigenvalue weighted by atomic mass is 28.3. The predicted molar refractivity (Wildman–Crippen MR) is 68.6 cm³/mol. The van der Waals surface area contributed by atoms with Gasteiger partial charge in [-0.25, -0.2) is 0 Å². The van der Waals surface area contributed by atoms with Crippen LogP contribution in [0, 0.1) is 5.92 Å². The minimum absolute atomic E-state index is 0.741. The lowest BCUT2D eigenvalue weighted by molar-refractivity contribution is 0.273. The van der Waals surface area contributed by atoms with Gasteiger partial charge in [-0.15, -0.1) is 0 Å². The quantitative estimate of drug-likeness (QED) is 0.541. The molecule has 1 unspecified atom stereocenters. The van der Waals surface area contributed by atoms with E-state index in [-0.39, 0.29) is 0 Å². The van der Waals surface area contributed by atoms with E-state index in [1.165, 1.54) is 51.4 Å². The van der Waals surface area contributed by atoms with Crippen LogP contribution in [0.2, 0.25) is 5.54 Å². The lowest BCUT2D eigenvalue weighted by Gasteiger charge is -2.27. The summed E-state index contributed by atoms with van der Waals surface area (Å²) in [5, 5.41) is 0. The monoisotopic (exact) mass is 240 g/mol. The topological polar surface area (TPSA) is 18.5 Å². The summed E-state index contributed by atoms with van der Waals surface area (Å²) in [7, 11) is 0.395. The SMILES string of the molecule is CO[SiH](OC=CC1CCC1)C1CCCCC1. The fourth-order valence-corrected chi connectivity index (χ4v) is 4.61. The Balaban J connectivity index is 1.72. The zero-order valence-electron chi connectivity index (χ0n) is 10.4. The smallest absolute Gasteiger partial charge is 0.384 e. The fraction of sp³-hybridized carbons (Fsp3) is 0.846. The van der Waals surface area contributed by atoms with Gasteiger partial charge in [-0.1, -0.05) is 25.7 Å². The van der Waals surface area contributed by atoms with Gasteiger partial charge in [0.25, 0.3) is 0 Å². The van der Waals surface area contributed by atoms with Gasteiger partial charge in [0.1, 0.15) is 0 Å². The van der Waals surface area contributed by atoms with Gasteiger partial charge in [0.2, 0.25) is 0 Å². The lowest BCUT2D eigenvalue weighted by Crippen LogP contribution is -2.27. The van der Waals surface area contributed by atoms with Crippen molar-refractivity contribution in [2.75, 3.05) is 7.11 Å². The average molecular weight is 240 g/mol. The molecule has 0 aromatic carbocycles. The van der Waals surface area contributed by atoms with Gasteiger partial charge in [-0.05, 0) is 37.7 Å². The van der Waals surface area contributed by atoms with Crippen LogP contribution in [-0.4, -0.2) is 16.4 Å². The van der Waals surface area contributed by atoms with Crippen LogP contribution < -0.4 is 0 Å². The van der Waals surface area contributed by atoms with Crippen LogP contribution in [0.4, 0.5) is 0 Å². The van der Waals surface area contributed by atoms with Gasteiger partial charge in [0.05, 0.1) is 6.26 Å². The van der Waals surface area contributed by atoms with Crippen LogP contribution in [0.1, 0.15) is 51.4 Å². The van der Waals surface area contributed by atoms with E-state index >= 15 is 0 Å². The van der Waals surface area contributed by atoms with Crippen molar-refractivity contribution in [1.82, 2.24) is 0 Å². The maximum atomic E-state index is 5.87. The Bertz CT molecular complexity index is 220. The van der Waals surface area contributed by atoms with Crippen molar-refractivity contribution in [3.05, 3.63) is 12.3 Å². The first kappa shape index (κ1) is 12.2. The Morgan fingerprint density at radius 2 is 1.75 bits per heavy atom. The first-order valence-electron chi connectivity index (χ1n) is 6.75. The first-order valence-corrected chi connectivity index (χ1v) is 8.36. The molecule has 1 atom stereocenters. The van der Waals surface area contributed by atoms with Crippen LogP contribution in [0.5, 0.6) is 0 Å². The standard InChI is InChI=1S/C13H24O2Si/c1-14-16(13-8-3-2-4-9-13)15-11-10-12-6-5-7-12/h10-13,16H,2-9H2,1H3. The second kappa shape index (κ2) is 6.45. The van der Waals surface area contributed by atoms with Crippen molar-refractivity contribution in [3.8, 4) is 0 Å². The summed E-state index contributed by atoms with van der Waals surface area (Å²) in [4.78, 5) is 0. The predicted octanol–water partition coefficient (Wildman–Crippen LogP) is 3.52. The molecule has 0 spiro atoms. The van der Waals surface area contributed by atoms with Crippen molar-refractivity contribution in [2.45, 2.75) is 56.9 Å². The van der Waals surface area contributed by atoms with E-state index in [0.29, 0.717) is 0 Å². The molecule has 2 fully saturated rings. The molecule has 0 bridgehead atoms. The highest BCUT2D eigenvalue weighted by Crippen LogP contribution is 2.32. The molecule has 0 saturated heterocycles. The van der Waals surface area contributed by atoms with E-state index in [0.717, 1.165) is 11.5 Å². The molecule has 3 heteroatoms. The highest BCUT2D eigenvalue weighted by molar-refractivity contribution is 6.46. The van der Waals surface area contributed by atoms with Gasteiger partial charge < -0.3 is 8.85 Å². The zero-order chi connectivity index (χ0) is 11.2. The Kier molecular flexibility index (Phi) is 4.91. The maximum Gasteiger partial charge on any atom is 0.384 e. The van der Waals surface area contributed by atoms with Crippen molar-refractivity contribution >= 4 is 9.28 Å². The second-order valence-corrected chi connectivity index (χ2v) is 7.58. The molecule has 0 radical (unpaired) electrons. The minimum Gasteiger partial charge on any atom is -0.529 e. The third kappa shape index (κ3) is 3.35. The second-order valence-electron chi connectivity index (χ2n) is 5.16. The molecule has 0 aromatic heterocycles. The number of hydrogen-bond donors (Lipinski definition) is 0. The molecule has 2 nitrogen and oxygen atoms in total. The van der Waals surface area contributed by atoms with Crippen LogP contribution in [-0.2, 0) is 8.85 Å². The van der Waals surface area contributed by atoms with Crippen molar-refractivity contribution in [2.24, 2.45) is 5.92 Å². The lowest BCUT2D eigenvalue weighted by atomic mass is 9.86. The van der Waals surface area contributed by atoms with E-state index in [1.807, 2.05) is 13.4 Å². The van der Waals surface area contributed by atoms with Gasteiger partial charge in [0, 0.05) is 12.7 Å². The summed E-state index contributed by atoms with van der Waals surface area (Å²) in [5.41, 5.74) is 0.741. The van der Waals surface area contributed by atoms with Crippen molar-refractivity contribution < 1.29 is 8.85 Å². The van der Waals surface area contributed by atoms with E-state index in [9.17, 15) is 0 Å². The average Bonchev–Trinajstić information content (AvgIpc) is 2.28. The molecule has 0 amide bonds. The van der Waals surface area contributed by atoms with Crippen LogP contribution in [0.15, 0.2) is 12.3 Å². The van der Waals surface area contributed by atoms with Crippen LogP contribution >= 0.6 is 0 Å². The van der Waals surface area contributed by atoms with Crippen LogP contribution in [0.25, 0.3) is 0 Å². The van der Waals surface area contributed by atoms with Gasteiger partial charge in [-0.2, -0.15) is 0 Å². The number of rotatable bonds is 5. The summed E-state index contributed by atoms with van der Waals surface area (Å²) >= 11 is 0. The van der Waals surface area contributed by atoms with E-state index in [1.54, 1.807) is 0 Å². The first-order chi connectivity index (χ1) is 7.90. The maximum absolute atomic E-state index is 5.87. The molecular weight excluding hydrogens is 216 g/mol. The summed E-state index contributed by atoms with van der Waals surface area (Å²) in [6.45, 7) is 0. The summed E-state index contributed by atoms with van der Waals surface area (Å²) in [5.74, 6) is 0.790. The fourth-order valence-electron chi connectivity index (χ4n) is 2.63. The van der Waals surface area contributed by atoms with E-state index in [2.05, 4.69) is 6.08 Å². The third-order valence-corrected chi connectivity index (χ3v) is 6.31. The Hall–Kier alpha value is -0.283. The molecule has 92 valence electrons. The van der Waals surface area contributed by atoms with Crippen molar-refractivity contribution in [3.63, 3.8) is 0 Å². The van der Waals surface area contributed by atoms with Gasteiger partial charge in [0.15, 0.2) is 0 Å². The molecular formula is C13H24O2Si. The molecule has 0 aromatic rings. The largest absolute Gasteiger partial charge is 0.529 e. The van der Waals surface area contributed by atoms with Crippen LogP contribution in [0.3, 0.4) is 0 Å². The molecule has 2 saturated carbocycles. The van der Waals surface area contributed by atoms with E-state index < -0.39 is 9.28 Å². The highest BCUT2D eigenvalue weighted by Gasteiger charge is 2.27. The Labute approximate surface area is 101 Å². The molecule has 16 heavy (non-hydrogen) atoms. The van der Waals surface area contributed by atoms with Gasteiger partial charge in [-0.3, -0.25) is 0 Å². The minimum atomic E-state index is -1.43. The molecule has 2 aliphatic carbocycles. The number of hydrogen-bond acceptors (Lipinski definition) is 2. The normalized spacial score (nSPS) is 25.6. The Morgan fingerprint density at radius 3 is 2.31 bits per heavy atom. The third-order valence-electron chi connectivity index (χ3n) is 3.98. The molecule has 0 heterocycles. The van der Waals surface area contributed by atoms with Crippen molar-refractivity contribution in [1.29, 1.82) is 0 Å². The van der Waals surface area contributed by atoms with Gasteiger partial charge >= 0.3 is 9.28 Å². The number of allylic oxidation sites excluding steroid dienone is 1. The molecule has 0 aliphatic heterocycles. The summed E-state index contributed by atoms with van der Waals surface area (Å²) < 4.78 is 11.5. The summed E-state index contributed by atoms with van der Waals surface area (Å²) in [6.07, 6.45) is 15.1. The summed E-state index contributed by atoms with van der Waals surface area (Å²) in [6, 6.07) is 0. The Morgan fingerprint density at radius 1 is 1.00 bits per heavy atom. The molecule has 2 rings (SSSR count). The zero-order valence-corrected chi connectivity index (χ0v) is 11.5.